The van der Waals surface area contributed by atoms with E-state index in [4.69, 9.17) is 0 Å². The van der Waals surface area contributed by atoms with E-state index in [2.05, 4.69) is 21.4 Å². The van der Waals surface area contributed by atoms with Crippen molar-refractivity contribution in [1.29, 1.82) is 0 Å². The summed E-state index contributed by atoms with van der Waals surface area (Å²) in [7, 11) is -1.44. The molecule has 3 rings (SSSR count). The minimum atomic E-state index is -3.04. The van der Waals surface area contributed by atoms with Gasteiger partial charge >= 0.3 is 0 Å². The van der Waals surface area contributed by atoms with Gasteiger partial charge in [-0.1, -0.05) is 6.07 Å². The maximum absolute atomic E-state index is 12.5. The second kappa shape index (κ2) is 7.03. The summed E-state index contributed by atoms with van der Waals surface area (Å²) in [4.78, 5) is 22.4. The van der Waals surface area contributed by atoms with Crippen LogP contribution < -0.4 is 5.32 Å². The molecule has 7 nitrogen and oxygen atoms in total. The molecule has 138 valence electrons. The van der Waals surface area contributed by atoms with Gasteiger partial charge in [0.05, 0.1) is 23.9 Å². The molecule has 1 amide bonds. The number of amides is 1. The van der Waals surface area contributed by atoms with Gasteiger partial charge in [-0.3, -0.25) is 4.79 Å². The van der Waals surface area contributed by atoms with Gasteiger partial charge in [0, 0.05) is 18.8 Å². The third-order valence-corrected chi connectivity index (χ3v) is 6.19. The van der Waals surface area contributed by atoms with Crippen LogP contribution in [-0.4, -0.2) is 53.8 Å². The highest BCUT2D eigenvalue weighted by atomic mass is 32.2. The smallest absolute Gasteiger partial charge is 0.274 e. The average Bonchev–Trinajstić information content (AvgIpc) is 2.93. The number of nitrogens with zero attached hydrogens (tertiary/aromatic N) is 3. The summed E-state index contributed by atoms with van der Waals surface area (Å²) < 4.78 is 23.2. The van der Waals surface area contributed by atoms with Crippen LogP contribution in [0.4, 0.5) is 11.5 Å². The highest BCUT2D eigenvalue weighted by Gasteiger charge is 2.33. The lowest BCUT2D eigenvalue weighted by Crippen LogP contribution is -2.38. The van der Waals surface area contributed by atoms with Crippen molar-refractivity contribution >= 4 is 27.2 Å². The van der Waals surface area contributed by atoms with Crippen molar-refractivity contribution in [3.63, 3.8) is 0 Å². The van der Waals surface area contributed by atoms with Crippen LogP contribution >= 0.6 is 0 Å². The SMILES string of the molecule is Cc1cc(C)cc(Nc2cnc(C(=O)N(C)C3CCS(=O)(=O)C3)cn2)c1. The Labute approximate surface area is 153 Å². The number of carbonyl (C=O) groups is 1. The van der Waals surface area contributed by atoms with Crippen LogP contribution in [0.25, 0.3) is 0 Å². The van der Waals surface area contributed by atoms with E-state index >= 15 is 0 Å². The van der Waals surface area contributed by atoms with Crippen molar-refractivity contribution in [1.82, 2.24) is 14.9 Å². The molecule has 1 fully saturated rings. The fourth-order valence-corrected chi connectivity index (χ4v) is 4.90. The number of sulfone groups is 1. The van der Waals surface area contributed by atoms with Crippen LogP contribution in [0.3, 0.4) is 0 Å². The van der Waals surface area contributed by atoms with Gasteiger partial charge in [-0.2, -0.15) is 0 Å². The summed E-state index contributed by atoms with van der Waals surface area (Å²) in [5, 5.41) is 3.17. The molecule has 1 aliphatic heterocycles. The lowest BCUT2D eigenvalue weighted by molar-refractivity contribution is 0.0741. The predicted octanol–water partition coefficient (Wildman–Crippen LogP) is 2.10. The molecule has 0 bridgehead atoms. The van der Waals surface area contributed by atoms with Crippen molar-refractivity contribution in [2.45, 2.75) is 26.3 Å². The second-order valence-corrected chi connectivity index (χ2v) is 8.99. The Balaban J connectivity index is 1.69. The zero-order valence-corrected chi connectivity index (χ0v) is 15.9. The Kier molecular flexibility index (Phi) is 4.95. The lowest BCUT2D eigenvalue weighted by atomic mass is 10.1. The van der Waals surface area contributed by atoms with Crippen LogP contribution in [-0.2, 0) is 9.84 Å². The van der Waals surface area contributed by atoms with Crippen molar-refractivity contribution in [3.8, 4) is 0 Å². The maximum Gasteiger partial charge on any atom is 0.274 e. The van der Waals surface area contributed by atoms with Gasteiger partial charge in [-0.05, 0) is 43.5 Å². The number of nitrogens with one attached hydrogen (secondary N) is 1. The Morgan fingerprint density at radius 2 is 1.85 bits per heavy atom. The molecule has 0 aliphatic carbocycles. The number of benzene rings is 1. The average molecular weight is 374 g/mol. The first kappa shape index (κ1) is 18.3. The van der Waals surface area contributed by atoms with E-state index in [1.165, 1.54) is 17.3 Å². The molecule has 0 saturated carbocycles. The van der Waals surface area contributed by atoms with E-state index in [-0.39, 0.29) is 29.1 Å². The zero-order chi connectivity index (χ0) is 18.9. The van der Waals surface area contributed by atoms with Crippen LogP contribution in [0.5, 0.6) is 0 Å². The van der Waals surface area contributed by atoms with Crippen LogP contribution in [0, 0.1) is 13.8 Å². The van der Waals surface area contributed by atoms with Gasteiger partial charge in [0.2, 0.25) is 0 Å². The van der Waals surface area contributed by atoms with E-state index in [1.807, 2.05) is 26.0 Å². The molecule has 1 saturated heterocycles. The Hall–Kier alpha value is -2.48. The molecular formula is C18H22N4O3S. The summed E-state index contributed by atoms with van der Waals surface area (Å²) in [5.74, 6) is 0.351. The van der Waals surface area contributed by atoms with E-state index in [0.717, 1.165) is 16.8 Å². The minimum absolute atomic E-state index is 0.00895. The van der Waals surface area contributed by atoms with E-state index in [0.29, 0.717) is 12.2 Å². The van der Waals surface area contributed by atoms with Gasteiger partial charge in [0.1, 0.15) is 11.5 Å². The van der Waals surface area contributed by atoms with Gasteiger partial charge in [0.15, 0.2) is 9.84 Å². The van der Waals surface area contributed by atoms with Gasteiger partial charge < -0.3 is 10.2 Å². The van der Waals surface area contributed by atoms with Gasteiger partial charge in [-0.15, -0.1) is 0 Å². The van der Waals surface area contributed by atoms with Crippen LogP contribution in [0.2, 0.25) is 0 Å². The predicted molar refractivity (Wildman–Crippen MR) is 100 cm³/mol. The highest BCUT2D eigenvalue weighted by molar-refractivity contribution is 7.91. The summed E-state index contributed by atoms with van der Waals surface area (Å²) in [6, 6.07) is 5.78. The van der Waals surface area contributed by atoms with Crippen molar-refractivity contribution < 1.29 is 13.2 Å². The molecule has 2 aromatic rings. The summed E-state index contributed by atoms with van der Waals surface area (Å²) >= 11 is 0. The van der Waals surface area contributed by atoms with Crippen molar-refractivity contribution in [2.24, 2.45) is 0 Å². The third kappa shape index (κ3) is 4.19. The first-order valence-electron chi connectivity index (χ1n) is 8.38. The number of hydrogen-bond donors (Lipinski definition) is 1. The second-order valence-electron chi connectivity index (χ2n) is 6.76. The number of rotatable bonds is 4. The quantitative estimate of drug-likeness (QED) is 0.881. The number of hydrogen-bond acceptors (Lipinski definition) is 6. The lowest BCUT2D eigenvalue weighted by Gasteiger charge is -2.22. The van der Waals surface area contributed by atoms with Crippen LogP contribution in [0.1, 0.15) is 28.0 Å². The molecule has 1 aliphatic rings. The summed E-state index contributed by atoms with van der Waals surface area (Å²) in [6.45, 7) is 4.04. The van der Waals surface area contributed by atoms with Crippen LogP contribution in [0.15, 0.2) is 30.6 Å². The largest absolute Gasteiger partial charge is 0.339 e. The first-order chi connectivity index (χ1) is 12.2. The molecule has 26 heavy (non-hydrogen) atoms. The van der Waals surface area contributed by atoms with E-state index in [1.54, 1.807) is 7.05 Å². The molecule has 1 unspecified atom stereocenters. The van der Waals surface area contributed by atoms with Crippen molar-refractivity contribution in [3.05, 3.63) is 47.4 Å². The number of carbonyl (C=O) groups excluding carboxylic acids is 1. The third-order valence-electron chi connectivity index (χ3n) is 4.44. The summed E-state index contributed by atoms with van der Waals surface area (Å²) in [6.07, 6.45) is 3.38. The fourth-order valence-electron chi connectivity index (χ4n) is 3.13. The van der Waals surface area contributed by atoms with Crippen molar-refractivity contribution in [2.75, 3.05) is 23.9 Å². The van der Waals surface area contributed by atoms with E-state index < -0.39 is 9.84 Å². The van der Waals surface area contributed by atoms with Gasteiger partial charge in [-0.25, -0.2) is 18.4 Å². The molecule has 1 aromatic heterocycles. The minimum Gasteiger partial charge on any atom is -0.339 e. The zero-order valence-electron chi connectivity index (χ0n) is 15.1. The number of anilines is 2. The molecule has 1 N–H and O–H groups in total. The Morgan fingerprint density at radius 3 is 2.38 bits per heavy atom. The summed E-state index contributed by atoms with van der Waals surface area (Å²) in [5.41, 5.74) is 3.38. The molecule has 8 heteroatoms. The standard InChI is InChI=1S/C18H22N4O3S/c1-12-6-13(2)8-14(7-12)21-17-10-19-16(9-20-17)18(23)22(3)15-4-5-26(24,25)11-15/h6-10,15H,4-5,11H2,1-3H3,(H,20,21). The van der Waals surface area contributed by atoms with E-state index in [9.17, 15) is 13.2 Å². The number of aryl methyl sites for hydroxylation is 2. The molecular weight excluding hydrogens is 352 g/mol. The Morgan fingerprint density at radius 1 is 1.15 bits per heavy atom. The maximum atomic E-state index is 12.5. The molecule has 0 spiro atoms. The fraction of sp³-hybridized carbons (Fsp3) is 0.389. The highest BCUT2D eigenvalue weighted by Crippen LogP contribution is 2.20. The monoisotopic (exact) mass is 374 g/mol. The molecule has 1 aromatic carbocycles. The molecule has 1 atom stereocenters. The molecule has 0 radical (unpaired) electrons. The first-order valence-corrected chi connectivity index (χ1v) is 10.2. The number of aromatic nitrogens is 2. The van der Waals surface area contributed by atoms with Gasteiger partial charge in [0.25, 0.3) is 5.91 Å². The molecule has 2 heterocycles. The Bertz CT molecular complexity index is 906. The topological polar surface area (TPSA) is 92.3 Å². The normalized spacial score (nSPS) is 18.5.